The van der Waals surface area contributed by atoms with Crippen molar-refractivity contribution >= 4 is 11.9 Å². The molecule has 5 atom stereocenters. The molecule has 0 aromatic rings. The first-order valence-corrected chi connectivity index (χ1v) is 7.31. The van der Waals surface area contributed by atoms with Gasteiger partial charge in [0.2, 0.25) is 0 Å². The van der Waals surface area contributed by atoms with Crippen molar-refractivity contribution in [2.45, 2.75) is 39.6 Å². The quantitative estimate of drug-likeness (QED) is 0.611. The fourth-order valence-electron chi connectivity index (χ4n) is 3.98. The van der Waals surface area contributed by atoms with Crippen molar-refractivity contribution in [3.05, 3.63) is 11.6 Å². The van der Waals surface area contributed by atoms with E-state index in [0.717, 1.165) is 5.57 Å². The van der Waals surface area contributed by atoms with E-state index in [4.69, 9.17) is 14.2 Å². The lowest BCUT2D eigenvalue weighted by Gasteiger charge is -2.45. The molecule has 124 valence electrons. The van der Waals surface area contributed by atoms with Gasteiger partial charge in [-0.25, -0.2) is 0 Å². The summed E-state index contributed by atoms with van der Waals surface area (Å²) in [6, 6.07) is 0. The normalized spacial score (nSPS) is 39.7. The zero-order valence-electron chi connectivity index (χ0n) is 13.9. The summed E-state index contributed by atoms with van der Waals surface area (Å²) in [5.41, 5.74) is -0.737. The van der Waals surface area contributed by atoms with Crippen molar-refractivity contribution in [1.82, 2.24) is 0 Å². The standard InChI is InChI=1S/C16H24O6/c1-8-7-9(12(17)20-5)10(13(18)21-6)11-15(2,3)14(19)22-16(8,11)4/h7,9-11,14,19H,1-6H3. The van der Waals surface area contributed by atoms with Gasteiger partial charge in [0.15, 0.2) is 6.29 Å². The lowest BCUT2D eigenvalue weighted by Crippen LogP contribution is -2.52. The summed E-state index contributed by atoms with van der Waals surface area (Å²) in [5.74, 6) is -2.91. The van der Waals surface area contributed by atoms with Crippen LogP contribution in [0.15, 0.2) is 11.6 Å². The van der Waals surface area contributed by atoms with Crippen LogP contribution in [0, 0.1) is 23.2 Å². The Morgan fingerprint density at radius 2 is 1.73 bits per heavy atom. The van der Waals surface area contributed by atoms with Crippen LogP contribution in [0.4, 0.5) is 0 Å². The highest BCUT2D eigenvalue weighted by molar-refractivity contribution is 5.85. The first-order valence-electron chi connectivity index (χ1n) is 7.31. The SMILES string of the molecule is COC(=O)C1C=C(C)C2(C)OC(O)C(C)(C)C2C1C(=O)OC. The van der Waals surface area contributed by atoms with Crippen LogP contribution >= 0.6 is 0 Å². The lowest BCUT2D eigenvalue weighted by molar-refractivity contribution is -0.163. The van der Waals surface area contributed by atoms with E-state index in [1.54, 1.807) is 6.08 Å². The third-order valence-electron chi connectivity index (χ3n) is 5.29. The van der Waals surface area contributed by atoms with Gasteiger partial charge in [0.05, 0.1) is 31.7 Å². The molecule has 22 heavy (non-hydrogen) atoms. The molecule has 1 aliphatic carbocycles. The molecule has 2 rings (SSSR count). The van der Waals surface area contributed by atoms with Gasteiger partial charge in [0, 0.05) is 11.3 Å². The van der Waals surface area contributed by atoms with E-state index in [2.05, 4.69) is 0 Å². The van der Waals surface area contributed by atoms with E-state index in [-0.39, 0.29) is 0 Å². The number of aliphatic hydroxyl groups is 1. The summed E-state index contributed by atoms with van der Waals surface area (Å²) in [6.45, 7) is 7.34. The minimum absolute atomic E-state index is 0.406. The summed E-state index contributed by atoms with van der Waals surface area (Å²) >= 11 is 0. The van der Waals surface area contributed by atoms with Crippen molar-refractivity contribution in [3.8, 4) is 0 Å². The molecule has 1 heterocycles. The van der Waals surface area contributed by atoms with Crippen molar-refractivity contribution in [2.75, 3.05) is 14.2 Å². The van der Waals surface area contributed by atoms with Crippen LogP contribution < -0.4 is 0 Å². The first-order chi connectivity index (χ1) is 10.1. The molecule has 2 aliphatic rings. The Bertz CT molecular complexity index is 523. The van der Waals surface area contributed by atoms with E-state index in [9.17, 15) is 14.7 Å². The van der Waals surface area contributed by atoms with Crippen molar-refractivity contribution in [3.63, 3.8) is 0 Å². The average molecular weight is 312 g/mol. The van der Waals surface area contributed by atoms with Gasteiger partial charge in [-0.1, -0.05) is 19.9 Å². The number of hydrogen-bond acceptors (Lipinski definition) is 6. The van der Waals surface area contributed by atoms with Gasteiger partial charge in [0.25, 0.3) is 0 Å². The average Bonchev–Trinajstić information content (AvgIpc) is 2.65. The summed E-state index contributed by atoms with van der Waals surface area (Å²) in [4.78, 5) is 24.5. The smallest absolute Gasteiger partial charge is 0.313 e. The third-order valence-corrected chi connectivity index (χ3v) is 5.29. The second-order valence-electron chi connectivity index (χ2n) is 6.82. The number of fused-ring (bicyclic) bond motifs is 1. The van der Waals surface area contributed by atoms with E-state index in [1.807, 2.05) is 27.7 Å². The fraction of sp³-hybridized carbons (Fsp3) is 0.750. The Kier molecular flexibility index (Phi) is 4.13. The van der Waals surface area contributed by atoms with Gasteiger partial charge in [-0.3, -0.25) is 9.59 Å². The molecule has 1 fully saturated rings. The number of aliphatic hydroxyl groups excluding tert-OH is 1. The van der Waals surface area contributed by atoms with Crippen LogP contribution in [-0.4, -0.2) is 43.2 Å². The number of ether oxygens (including phenoxy) is 3. The maximum absolute atomic E-state index is 12.4. The highest BCUT2D eigenvalue weighted by Gasteiger charge is 2.65. The minimum atomic E-state index is -1.03. The number of rotatable bonds is 2. The number of carbonyl (C=O) groups is 2. The second kappa shape index (κ2) is 5.35. The Balaban J connectivity index is 2.63. The number of hydrogen-bond donors (Lipinski definition) is 1. The van der Waals surface area contributed by atoms with Gasteiger partial charge in [0.1, 0.15) is 0 Å². The molecule has 0 aromatic heterocycles. The predicted molar refractivity (Wildman–Crippen MR) is 77.5 cm³/mol. The van der Waals surface area contributed by atoms with Crippen LogP contribution in [0.5, 0.6) is 0 Å². The maximum Gasteiger partial charge on any atom is 0.313 e. The summed E-state index contributed by atoms with van der Waals surface area (Å²) < 4.78 is 15.6. The van der Waals surface area contributed by atoms with Crippen LogP contribution in [0.3, 0.4) is 0 Å². The number of methoxy groups -OCH3 is 2. The molecule has 0 spiro atoms. The molecule has 1 saturated heterocycles. The van der Waals surface area contributed by atoms with E-state index in [0.29, 0.717) is 0 Å². The van der Waals surface area contributed by atoms with Crippen LogP contribution in [0.25, 0.3) is 0 Å². The second-order valence-corrected chi connectivity index (χ2v) is 6.82. The van der Waals surface area contributed by atoms with Gasteiger partial charge < -0.3 is 19.3 Å². The molecule has 0 aromatic carbocycles. The Hall–Kier alpha value is -1.40. The van der Waals surface area contributed by atoms with E-state index >= 15 is 0 Å². The topological polar surface area (TPSA) is 82.1 Å². The van der Waals surface area contributed by atoms with Gasteiger partial charge in [-0.15, -0.1) is 0 Å². The van der Waals surface area contributed by atoms with Gasteiger partial charge in [-0.2, -0.15) is 0 Å². The fourth-order valence-corrected chi connectivity index (χ4v) is 3.98. The largest absolute Gasteiger partial charge is 0.469 e. The van der Waals surface area contributed by atoms with E-state index < -0.39 is 47.0 Å². The van der Waals surface area contributed by atoms with Crippen molar-refractivity contribution in [1.29, 1.82) is 0 Å². The first kappa shape index (κ1) is 17.0. The molecule has 1 aliphatic heterocycles. The van der Waals surface area contributed by atoms with Crippen LogP contribution in [0.1, 0.15) is 27.7 Å². The lowest BCUT2D eigenvalue weighted by atomic mass is 9.58. The van der Waals surface area contributed by atoms with Crippen molar-refractivity contribution < 1.29 is 28.9 Å². The molecule has 0 bridgehead atoms. The molecule has 5 unspecified atom stereocenters. The number of carbonyl (C=O) groups excluding carboxylic acids is 2. The highest BCUT2D eigenvalue weighted by Crippen LogP contribution is 2.58. The molecular weight excluding hydrogens is 288 g/mol. The zero-order chi connectivity index (χ0) is 16.9. The van der Waals surface area contributed by atoms with E-state index in [1.165, 1.54) is 14.2 Å². The maximum atomic E-state index is 12.4. The van der Waals surface area contributed by atoms with Crippen LogP contribution in [-0.2, 0) is 23.8 Å². The van der Waals surface area contributed by atoms with Gasteiger partial charge in [-0.05, 0) is 19.4 Å². The monoisotopic (exact) mass is 312 g/mol. The molecule has 6 nitrogen and oxygen atoms in total. The number of esters is 2. The Labute approximate surface area is 130 Å². The minimum Gasteiger partial charge on any atom is -0.469 e. The molecular formula is C16H24O6. The highest BCUT2D eigenvalue weighted by atomic mass is 16.6. The predicted octanol–water partition coefficient (Wildman–Crippen LogP) is 1.27. The van der Waals surface area contributed by atoms with Crippen molar-refractivity contribution in [2.24, 2.45) is 23.2 Å². The zero-order valence-corrected chi connectivity index (χ0v) is 13.9. The molecule has 0 radical (unpaired) electrons. The van der Waals surface area contributed by atoms with Gasteiger partial charge >= 0.3 is 11.9 Å². The van der Waals surface area contributed by atoms with Crippen LogP contribution in [0.2, 0.25) is 0 Å². The Morgan fingerprint density at radius 1 is 1.18 bits per heavy atom. The summed E-state index contributed by atoms with van der Waals surface area (Å²) in [5, 5.41) is 10.3. The molecule has 0 saturated carbocycles. The summed E-state index contributed by atoms with van der Waals surface area (Å²) in [6.07, 6.45) is 0.660. The molecule has 1 N–H and O–H groups in total. The molecule has 0 amide bonds. The summed E-state index contributed by atoms with van der Waals surface area (Å²) in [7, 11) is 2.58. The third kappa shape index (κ3) is 2.16. The Morgan fingerprint density at radius 3 is 2.23 bits per heavy atom. The molecule has 6 heteroatoms.